The Morgan fingerprint density at radius 3 is 2.62 bits per heavy atom. The summed E-state index contributed by atoms with van der Waals surface area (Å²) in [4.78, 5) is 70.1. The number of nitrogens with zero attached hydrogens (tertiary/aromatic N) is 6. The summed E-state index contributed by atoms with van der Waals surface area (Å²) in [5.74, 6) is -1.70. The largest absolute Gasteiger partial charge is 0.464 e. The van der Waals surface area contributed by atoms with Gasteiger partial charge in [-0.3, -0.25) is 24.4 Å². The van der Waals surface area contributed by atoms with Crippen LogP contribution in [0.1, 0.15) is 89.6 Å². The first-order valence-electron chi connectivity index (χ1n) is 22.5. The SMILES string of the molecule is CCn1c(-c2cccnc2[C@H](C)OC)c2c3cc(ccc31)-c1csc(n1)C[C@H](NC(=O)[C@H](C(C)C)N(C)C(=O)N1CC3(CCCO3)C1)C(=O)N1CCC[C@@]([Si])(N1)C(=O)OCC(C)(C)C2. The van der Waals surface area contributed by atoms with Gasteiger partial charge in [0, 0.05) is 79.3 Å². The molecule has 4 amide bonds. The van der Waals surface area contributed by atoms with Crippen molar-refractivity contribution in [3.8, 4) is 22.5 Å². The molecule has 4 aromatic rings. The standard InChI is InChI=1S/C47H61N8O7SSi/c1-9-54-36-15-14-30-21-32(36)33(40(54)31-13-10-18-48-38(31)29(4)60-8)23-45(5,6)27-61-43(58)47(64)17-11-19-55(51-47)42(57)34(22-37-49-35(30)24-63-37)50-41(56)39(28(2)3)52(7)44(59)53-25-46(26-53)16-12-20-62-46/h10,13-15,18,21,24,28-29,34,39,51H,9,11-12,16-17,19-20,22-23,25-27H2,1-8H3,(H,50,56)/t29-,34-,39-,47-/m0/s1. The van der Waals surface area contributed by atoms with Crippen LogP contribution in [0.2, 0.25) is 0 Å². The van der Waals surface area contributed by atoms with Gasteiger partial charge in [0.1, 0.15) is 22.8 Å². The molecule has 64 heavy (non-hydrogen) atoms. The Morgan fingerprint density at radius 2 is 1.92 bits per heavy atom. The van der Waals surface area contributed by atoms with Crippen LogP contribution in [0.25, 0.3) is 33.4 Å². The smallest absolute Gasteiger partial charge is 0.323 e. The van der Waals surface area contributed by atoms with Gasteiger partial charge in [0.15, 0.2) is 0 Å². The van der Waals surface area contributed by atoms with Crippen LogP contribution in [0.15, 0.2) is 41.9 Å². The fraction of sp³-hybridized carbons (Fsp3) is 0.574. The van der Waals surface area contributed by atoms with E-state index in [-0.39, 0.29) is 36.7 Å². The fourth-order valence-electron chi connectivity index (χ4n) is 9.94. The highest BCUT2D eigenvalue weighted by Crippen LogP contribution is 2.42. The third-order valence-corrected chi connectivity index (χ3v) is 14.8. The van der Waals surface area contributed by atoms with Crippen molar-refractivity contribution in [1.82, 2.24) is 40.1 Å². The van der Waals surface area contributed by atoms with E-state index in [1.807, 2.05) is 32.2 Å². The molecule has 1 spiro atoms. The maximum atomic E-state index is 14.7. The molecule has 0 saturated carbocycles. The second-order valence-corrected chi connectivity index (χ2v) is 20.9. The zero-order valence-electron chi connectivity index (χ0n) is 38.3. The molecule has 0 unspecified atom stereocenters. The number of benzene rings is 1. The summed E-state index contributed by atoms with van der Waals surface area (Å²) in [6.45, 7) is 14.9. The van der Waals surface area contributed by atoms with Crippen molar-refractivity contribution in [2.45, 2.75) is 116 Å². The van der Waals surface area contributed by atoms with E-state index < -0.39 is 40.4 Å². The Kier molecular flexibility index (Phi) is 12.9. The maximum absolute atomic E-state index is 14.7. The van der Waals surface area contributed by atoms with Crippen LogP contribution < -0.4 is 10.7 Å². The highest BCUT2D eigenvalue weighted by atomic mass is 32.1. The van der Waals surface area contributed by atoms with Crippen molar-refractivity contribution in [2.75, 3.05) is 47.0 Å². The molecular formula is C47H61N8O7SSi. The molecule has 2 N–H and O–H groups in total. The molecule has 3 fully saturated rings. The number of likely N-dealkylation sites (N-methyl/N-ethyl adjacent to an activating group) is 1. The molecule has 3 aromatic heterocycles. The number of methoxy groups -OCH3 is 1. The number of cyclic esters (lactones) is 1. The molecule has 15 nitrogen and oxygen atoms in total. The van der Waals surface area contributed by atoms with Gasteiger partial charge >= 0.3 is 12.0 Å². The van der Waals surface area contributed by atoms with Crippen molar-refractivity contribution < 1.29 is 33.4 Å². The summed E-state index contributed by atoms with van der Waals surface area (Å²) in [7, 11) is 7.05. The Bertz CT molecular complexity index is 2420. The summed E-state index contributed by atoms with van der Waals surface area (Å²) in [6, 6.07) is 8.22. The van der Waals surface area contributed by atoms with Gasteiger partial charge in [-0.1, -0.05) is 33.8 Å². The first-order valence-corrected chi connectivity index (χ1v) is 23.9. The number of carbonyl (C=O) groups excluding carboxylic acids is 4. The van der Waals surface area contributed by atoms with Gasteiger partial charge in [-0.25, -0.2) is 15.2 Å². The predicted octanol–water partition coefficient (Wildman–Crippen LogP) is 5.64. The number of amides is 4. The number of ether oxygens (including phenoxy) is 3. The number of fused-ring (bicyclic) bond motifs is 6. The van der Waals surface area contributed by atoms with E-state index in [0.717, 1.165) is 57.5 Å². The number of rotatable bonds is 8. The number of esters is 1. The van der Waals surface area contributed by atoms with Crippen LogP contribution in [0.5, 0.6) is 0 Å². The zero-order chi connectivity index (χ0) is 45.7. The molecule has 6 bridgehead atoms. The van der Waals surface area contributed by atoms with Crippen molar-refractivity contribution >= 4 is 56.3 Å². The summed E-state index contributed by atoms with van der Waals surface area (Å²) in [6.07, 6.45) is 4.93. The van der Waals surface area contributed by atoms with Gasteiger partial charge in [-0.2, -0.15) is 0 Å². The van der Waals surface area contributed by atoms with Gasteiger partial charge < -0.3 is 33.9 Å². The number of urea groups is 1. The predicted molar refractivity (Wildman–Crippen MR) is 245 cm³/mol. The summed E-state index contributed by atoms with van der Waals surface area (Å²) < 4.78 is 20.2. The Balaban J connectivity index is 1.17. The molecule has 1 aromatic carbocycles. The first kappa shape index (κ1) is 45.9. The lowest BCUT2D eigenvalue weighted by Crippen LogP contribution is -2.68. The minimum absolute atomic E-state index is 0.0839. The highest BCUT2D eigenvalue weighted by molar-refractivity contribution is 7.10. The average molecular weight is 910 g/mol. The van der Waals surface area contributed by atoms with E-state index in [9.17, 15) is 19.2 Å². The number of aromatic nitrogens is 3. The van der Waals surface area contributed by atoms with Crippen LogP contribution in [0, 0.1) is 11.3 Å². The van der Waals surface area contributed by atoms with E-state index in [2.05, 4.69) is 70.6 Å². The average Bonchev–Trinajstić information content (AvgIpc) is 4.02. The van der Waals surface area contributed by atoms with E-state index >= 15 is 0 Å². The van der Waals surface area contributed by atoms with Gasteiger partial charge in [0.2, 0.25) is 5.91 Å². The number of pyridine rings is 1. The second kappa shape index (κ2) is 17.9. The Morgan fingerprint density at radius 1 is 1.14 bits per heavy atom. The lowest BCUT2D eigenvalue weighted by Gasteiger charge is -2.49. The first-order chi connectivity index (χ1) is 30.5. The van der Waals surface area contributed by atoms with Gasteiger partial charge in [-0.15, -0.1) is 11.3 Å². The maximum Gasteiger partial charge on any atom is 0.323 e. The molecule has 341 valence electrons. The second-order valence-electron chi connectivity index (χ2n) is 19.1. The third-order valence-electron chi connectivity index (χ3n) is 13.3. The van der Waals surface area contributed by atoms with Crippen LogP contribution >= 0.6 is 11.3 Å². The van der Waals surface area contributed by atoms with Crippen LogP contribution in [0.3, 0.4) is 0 Å². The van der Waals surface area contributed by atoms with Gasteiger partial charge in [0.25, 0.3) is 5.91 Å². The van der Waals surface area contributed by atoms with Gasteiger partial charge in [0.05, 0.1) is 58.1 Å². The number of nitrogens with one attached hydrogen (secondary N) is 2. The number of likely N-dealkylation sites (tertiary alicyclic amines) is 1. The van der Waals surface area contributed by atoms with Crippen molar-refractivity contribution in [3.05, 3.63) is 58.2 Å². The van der Waals surface area contributed by atoms with E-state index in [0.29, 0.717) is 57.1 Å². The molecule has 4 atom stereocenters. The number of thiazole rings is 1. The minimum atomic E-state index is -1.40. The summed E-state index contributed by atoms with van der Waals surface area (Å²) >= 11 is 1.42. The van der Waals surface area contributed by atoms with Gasteiger partial charge in [-0.05, 0) is 81.7 Å². The molecular weight excluding hydrogens is 849 g/mol. The molecule has 3 radical (unpaired) electrons. The minimum Gasteiger partial charge on any atom is -0.464 e. The lowest BCUT2D eigenvalue weighted by atomic mass is 9.84. The summed E-state index contributed by atoms with van der Waals surface area (Å²) in [5.41, 5.74) is 8.98. The van der Waals surface area contributed by atoms with E-state index in [1.165, 1.54) is 21.2 Å². The van der Waals surface area contributed by atoms with E-state index in [1.54, 1.807) is 25.3 Å². The number of hydrogen-bond acceptors (Lipinski definition) is 11. The molecule has 7 heterocycles. The fourth-order valence-corrected chi connectivity index (χ4v) is 11.2. The van der Waals surface area contributed by atoms with Crippen molar-refractivity contribution in [2.24, 2.45) is 11.3 Å². The normalized spacial score (nSPS) is 23.1. The van der Waals surface area contributed by atoms with Crippen LogP contribution in [-0.2, 0) is 48.0 Å². The lowest BCUT2D eigenvalue weighted by molar-refractivity contribution is -0.158. The molecule has 3 saturated heterocycles. The molecule has 4 aliphatic heterocycles. The number of carbonyl (C=O) groups is 4. The van der Waals surface area contributed by atoms with Crippen LogP contribution in [0.4, 0.5) is 4.79 Å². The Labute approximate surface area is 383 Å². The Hall–Kier alpha value is -4.68. The molecule has 0 aliphatic carbocycles. The molecule has 4 aliphatic rings. The quantitative estimate of drug-likeness (QED) is 0.167. The van der Waals surface area contributed by atoms with Crippen molar-refractivity contribution in [3.63, 3.8) is 0 Å². The topological polar surface area (TPSA) is 160 Å². The molecule has 17 heteroatoms. The number of hydrazine groups is 1. The number of hydrogen-bond donors (Lipinski definition) is 2. The van der Waals surface area contributed by atoms with E-state index in [4.69, 9.17) is 24.2 Å². The molecule has 8 rings (SSSR count). The highest BCUT2D eigenvalue weighted by Gasteiger charge is 2.50. The third kappa shape index (κ3) is 8.73. The summed E-state index contributed by atoms with van der Waals surface area (Å²) in [5, 5.41) is 6.72. The zero-order valence-corrected chi connectivity index (χ0v) is 40.1. The van der Waals surface area contributed by atoms with Crippen LogP contribution in [-0.4, -0.2) is 133 Å². The number of aryl methyl sites for hydroxylation is 1. The van der Waals surface area contributed by atoms with Crippen molar-refractivity contribution in [1.29, 1.82) is 0 Å². The monoisotopic (exact) mass is 909 g/mol.